The van der Waals surface area contributed by atoms with Crippen LogP contribution in [0.4, 0.5) is 4.79 Å². The van der Waals surface area contributed by atoms with Gasteiger partial charge in [-0.15, -0.1) is 0 Å². The van der Waals surface area contributed by atoms with Crippen LogP contribution in [0.3, 0.4) is 0 Å². The zero-order valence-corrected chi connectivity index (χ0v) is 20.3. The zero-order chi connectivity index (χ0) is 24.8. The second-order valence-corrected chi connectivity index (χ2v) is 11.1. The van der Waals surface area contributed by atoms with Crippen LogP contribution in [0, 0.1) is 0 Å². The summed E-state index contributed by atoms with van der Waals surface area (Å²) in [7, 11) is -3.33. The van der Waals surface area contributed by atoms with Gasteiger partial charge in [-0.1, -0.05) is 50.2 Å². The van der Waals surface area contributed by atoms with E-state index >= 15 is 0 Å². The van der Waals surface area contributed by atoms with E-state index in [-0.39, 0.29) is 32.1 Å². The Bertz CT molecular complexity index is 1120. The summed E-state index contributed by atoms with van der Waals surface area (Å²) in [5.41, 5.74) is 1.26. The fourth-order valence-electron chi connectivity index (χ4n) is 3.36. The Morgan fingerprint density at radius 1 is 1.09 bits per heavy atom. The highest BCUT2D eigenvalue weighted by Gasteiger charge is 2.28. The van der Waals surface area contributed by atoms with Crippen LogP contribution in [0.25, 0.3) is 0 Å². The first-order chi connectivity index (χ1) is 16.0. The van der Waals surface area contributed by atoms with E-state index in [2.05, 4.69) is 10.6 Å². The van der Waals surface area contributed by atoms with Crippen molar-refractivity contribution in [1.29, 1.82) is 0 Å². The van der Waals surface area contributed by atoms with Crippen LogP contribution in [0.5, 0.6) is 11.5 Å². The normalized spacial score (nSPS) is 13.7. The maximum atomic E-state index is 12.9. The quantitative estimate of drug-likeness (QED) is 0.525. The van der Waals surface area contributed by atoms with Crippen molar-refractivity contribution in [2.75, 3.05) is 25.3 Å². The third-order valence-electron chi connectivity index (χ3n) is 5.46. The lowest BCUT2D eigenvalue weighted by Gasteiger charge is -2.27. The Kier molecular flexibility index (Phi) is 8.03. The number of fused-ring (bicyclic) bond motifs is 1. The van der Waals surface area contributed by atoms with Gasteiger partial charge in [0.25, 0.3) is 0 Å². The van der Waals surface area contributed by atoms with Gasteiger partial charge in [0.05, 0.1) is 5.75 Å². The van der Waals surface area contributed by atoms with Crippen molar-refractivity contribution >= 4 is 21.8 Å². The Morgan fingerprint density at radius 3 is 2.50 bits per heavy atom. The van der Waals surface area contributed by atoms with Gasteiger partial charge in [-0.25, -0.2) is 13.2 Å². The molecule has 0 aromatic heterocycles. The molecule has 0 saturated heterocycles. The Labute approximate surface area is 199 Å². The first kappa shape index (κ1) is 25.4. The van der Waals surface area contributed by atoms with Crippen LogP contribution in [-0.4, -0.2) is 51.8 Å². The van der Waals surface area contributed by atoms with Crippen molar-refractivity contribution in [3.05, 3.63) is 59.7 Å². The van der Waals surface area contributed by atoms with E-state index in [0.29, 0.717) is 11.5 Å². The second-order valence-electron chi connectivity index (χ2n) is 8.85. The summed E-state index contributed by atoms with van der Waals surface area (Å²) >= 11 is 0. The molecular formula is C24H30N2O7S. The topological polar surface area (TPSA) is 120 Å². The smallest absolute Gasteiger partial charge is 0.408 e. The molecule has 2 aromatic carbocycles. The van der Waals surface area contributed by atoms with Gasteiger partial charge in [0.15, 0.2) is 11.5 Å². The van der Waals surface area contributed by atoms with Crippen molar-refractivity contribution in [2.45, 2.75) is 38.3 Å². The van der Waals surface area contributed by atoms with Gasteiger partial charge in [-0.3, -0.25) is 4.79 Å². The highest BCUT2D eigenvalue weighted by atomic mass is 32.2. The van der Waals surface area contributed by atoms with Crippen LogP contribution < -0.4 is 20.1 Å². The van der Waals surface area contributed by atoms with E-state index in [4.69, 9.17) is 14.2 Å². The monoisotopic (exact) mass is 490 g/mol. The van der Waals surface area contributed by atoms with Crippen LogP contribution >= 0.6 is 0 Å². The number of hydrogen-bond donors (Lipinski definition) is 2. The summed E-state index contributed by atoms with van der Waals surface area (Å²) in [5.74, 6) is 0.567. The van der Waals surface area contributed by atoms with Crippen molar-refractivity contribution in [3.8, 4) is 11.5 Å². The molecule has 1 atom stereocenters. The van der Waals surface area contributed by atoms with Crippen molar-refractivity contribution in [1.82, 2.24) is 10.6 Å². The van der Waals surface area contributed by atoms with E-state index in [1.807, 2.05) is 50.2 Å². The number of sulfone groups is 1. The summed E-state index contributed by atoms with van der Waals surface area (Å²) in [5, 5.41) is 5.32. The first-order valence-electron chi connectivity index (χ1n) is 10.9. The molecule has 1 heterocycles. The highest BCUT2D eigenvalue weighted by Crippen LogP contribution is 2.36. The molecular weight excluding hydrogens is 460 g/mol. The standard InChI is InChI=1S/C24H30N2O7S/c1-24(2,18-9-10-20-21(13-18)33-16-32-20)15-25-22(27)19(11-12-34(3,29)30)26-23(28)31-14-17-7-5-4-6-8-17/h4-10,13,19H,11-12,14-16H2,1-3H3,(H,25,27)(H,26,28). The third-order valence-corrected chi connectivity index (χ3v) is 6.43. The minimum absolute atomic E-state index is 0.0320. The lowest BCUT2D eigenvalue weighted by atomic mass is 9.84. The molecule has 10 heteroatoms. The molecule has 0 fully saturated rings. The van der Waals surface area contributed by atoms with Gasteiger partial charge in [-0.2, -0.15) is 0 Å². The molecule has 1 unspecified atom stereocenters. The number of rotatable bonds is 10. The van der Waals surface area contributed by atoms with E-state index in [1.54, 1.807) is 12.1 Å². The first-order valence-corrected chi connectivity index (χ1v) is 12.9. The number of carbonyl (C=O) groups excluding carboxylic acids is 2. The van der Waals surface area contributed by atoms with Gasteiger partial charge in [-0.05, 0) is 29.7 Å². The molecule has 2 aromatic rings. The molecule has 3 rings (SSSR count). The lowest BCUT2D eigenvalue weighted by molar-refractivity contribution is -0.123. The van der Waals surface area contributed by atoms with Gasteiger partial charge in [0, 0.05) is 18.2 Å². The molecule has 1 aliphatic heterocycles. The van der Waals surface area contributed by atoms with E-state index < -0.39 is 33.3 Å². The molecule has 0 aliphatic carbocycles. The molecule has 0 radical (unpaired) electrons. The van der Waals surface area contributed by atoms with Crippen molar-refractivity contribution in [3.63, 3.8) is 0 Å². The maximum Gasteiger partial charge on any atom is 0.408 e. The van der Waals surface area contributed by atoms with Gasteiger partial charge in [0.1, 0.15) is 22.5 Å². The molecule has 1 aliphatic rings. The minimum Gasteiger partial charge on any atom is -0.454 e. The predicted molar refractivity (Wildman–Crippen MR) is 126 cm³/mol. The van der Waals surface area contributed by atoms with Crippen LogP contribution in [0.1, 0.15) is 31.4 Å². The van der Waals surface area contributed by atoms with Crippen molar-refractivity contribution < 1.29 is 32.2 Å². The van der Waals surface area contributed by atoms with Crippen molar-refractivity contribution in [2.24, 2.45) is 0 Å². The number of ether oxygens (including phenoxy) is 3. The molecule has 2 N–H and O–H groups in total. The number of carbonyl (C=O) groups is 2. The SMILES string of the molecule is CC(C)(CNC(=O)C(CCS(C)(=O)=O)NC(=O)OCc1ccccc1)c1ccc2c(c1)OCO2. The number of alkyl carbamates (subject to hydrolysis) is 1. The molecule has 9 nitrogen and oxygen atoms in total. The van der Waals surface area contributed by atoms with Crippen LogP contribution in [0.2, 0.25) is 0 Å². The summed E-state index contributed by atoms with van der Waals surface area (Å²) in [6.45, 7) is 4.37. The molecule has 34 heavy (non-hydrogen) atoms. The lowest BCUT2D eigenvalue weighted by Crippen LogP contribution is -2.50. The molecule has 184 valence electrons. The summed E-state index contributed by atoms with van der Waals surface area (Å²) in [6, 6.07) is 13.6. The van der Waals surface area contributed by atoms with Gasteiger partial charge < -0.3 is 24.8 Å². The number of benzene rings is 2. The third kappa shape index (κ3) is 7.38. The molecule has 0 bridgehead atoms. The van der Waals surface area contributed by atoms with Crippen LogP contribution in [-0.2, 0) is 31.4 Å². The fourth-order valence-corrected chi connectivity index (χ4v) is 4.02. The highest BCUT2D eigenvalue weighted by molar-refractivity contribution is 7.90. The minimum atomic E-state index is -3.33. The number of nitrogens with one attached hydrogen (secondary N) is 2. The number of amides is 2. The van der Waals surface area contributed by atoms with E-state index in [9.17, 15) is 18.0 Å². The van der Waals surface area contributed by atoms with Gasteiger partial charge in [0.2, 0.25) is 12.7 Å². The maximum absolute atomic E-state index is 12.9. The zero-order valence-electron chi connectivity index (χ0n) is 19.5. The summed E-state index contributed by atoms with van der Waals surface area (Å²) in [4.78, 5) is 25.2. The number of hydrogen-bond acceptors (Lipinski definition) is 7. The van der Waals surface area contributed by atoms with E-state index in [1.165, 1.54) is 0 Å². The molecule has 0 saturated carbocycles. The van der Waals surface area contributed by atoms with Crippen LogP contribution in [0.15, 0.2) is 48.5 Å². The molecule has 2 amide bonds. The fraction of sp³-hybridized carbons (Fsp3) is 0.417. The second kappa shape index (κ2) is 10.8. The predicted octanol–water partition coefficient (Wildman–Crippen LogP) is 2.54. The van der Waals surface area contributed by atoms with E-state index in [0.717, 1.165) is 17.4 Å². The average Bonchev–Trinajstić information content (AvgIpc) is 3.27. The summed E-state index contributed by atoms with van der Waals surface area (Å²) in [6.07, 6.45) is 0.209. The average molecular weight is 491 g/mol. The van der Waals surface area contributed by atoms with Gasteiger partial charge >= 0.3 is 6.09 Å². The molecule has 0 spiro atoms. The largest absolute Gasteiger partial charge is 0.454 e. The summed E-state index contributed by atoms with van der Waals surface area (Å²) < 4.78 is 39.3. The Balaban J connectivity index is 1.61. The Morgan fingerprint density at radius 2 is 1.79 bits per heavy atom. The Hall–Kier alpha value is -3.27.